The minimum absolute atomic E-state index is 0.0260. The summed E-state index contributed by atoms with van der Waals surface area (Å²) in [5.41, 5.74) is 4.61. The van der Waals surface area contributed by atoms with Gasteiger partial charge in [0.15, 0.2) is 0 Å². The number of hydrogen-bond acceptors (Lipinski definition) is 2. The Morgan fingerprint density at radius 1 is 1.05 bits per heavy atom. The van der Waals surface area contributed by atoms with Gasteiger partial charge >= 0.3 is 6.18 Å². The molecule has 7 heteroatoms. The first-order valence-electron chi connectivity index (χ1n) is 6.05. The van der Waals surface area contributed by atoms with Crippen LogP contribution in [0.5, 0.6) is 0 Å². The minimum Gasteiger partial charge on any atom is -0.399 e. The number of nitrogens with two attached hydrogens (primary N) is 1. The van der Waals surface area contributed by atoms with Crippen LogP contribution in [-0.4, -0.2) is 0 Å². The smallest absolute Gasteiger partial charge is 0.399 e. The number of hydrogen-bond donors (Lipinski definition) is 1. The molecule has 0 bridgehead atoms. The van der Waals surface area contributed by atoms with Crippen LogP contribution < -0.4 is 5.73 Å². The summed E-state index contributed by atoms with van der Waals surface area (Å²) in [6.45, 7) is 0. The Balaban J connectivity index is 2.62. The van der Waals surface area contributed by atoms with E-state index in [1.165, 1.54) is 30.3 Å². The molecule has 0 amide bonds. The van der Waals surface area contributed by atoms with Crippen molar-refractivity contribution >= 4 is 28.9 Å². The van der Waals surface area contributed by atoms with E-state index in [2.05, 4.69) is 0 Å². The zero-order chi connectivity index (χ0) is 16.5. The molecular formula is C15H9Cl2F3N2. The van der Waals surface area contributed by atoms with E-state index in [-0.39, 0.29) is 21.3 Å². The highest BCUT2D eigenvalue weighted by Gasteiger charge is 2.36. The van der Waals surface area contributed by atoms with Gasteiger partial charge in [-0.25, -0.2) is 0 Å². The van der Waals surface area contributed by atoms with Crippen molar-refractivity contribution in [1.29, 1.82) is 5.26 Å². The largest absolute Gasteiger partial charge is 0.416 e. The summed E-state index contributed by atoms with van der Waals surface area (Å²) in [5, 5.41) is 9.76. The van der Waals surface area contributed by atoms with Gasteiger partial charge in [-0.1, -0.05) is 35.3 Å². The lowest BCUT2D eigenvalue weighted by atomic mass is 9.88. The van der Waals surface area contributed by atoms with Crippen LogP contribution >= 0.6 is 23.2 Å². The molecule has 22 heavy (non-hydrogen) atoms. The van der Waals surface area contributed by atoms with Crippen molar-refractivity contribution in [2.24, 2.45) is 0 Å². The normalized spacial score (nSPS) is 12.7. The van der Waals surface area contributed by atoms with Gasteiger partial charge in [0, 0.05) is 5.69 Å². The minimum atomic E-state index is -4.62. The maximum absolute atomic E-state index is 13.2. The Labute approximate surface area is 134 Å². The van der Waals surface area contributed by atoms with Gasteiger partial charge in [-0.2, -0.15) is 18.4 Å². The van der Waals surface area contributed by atoms with Crippen LogP contribution in [0.15, 0.2) is 36.4 Å². The van der Waals surface area contributed by atoms with Crippen LogP contribution in [0.1, 0.15) is 22.6 Å². The zero-order valence-corrected chi connectivity index (χ0v) is 12.5. The van der Waals surface area contributed by atoms with Gasteiger partial charge in [-0.3, -0.25) is 0 Å². The van der Waals surface area contributed by atoms with Crippen molar-refractivity contribution in [1.82, 2.24) is 0 Å². The van der Waals surface area contributed by atoms with E-state index in [4.69, 9.17) is 28.9 Å². The Morgan fingerprint density at radius 3 is 2.27 bits per heavy atom. The summed E-state index contributed by atoms with van der Waals surface area (Å²) in [6.07, 6.45) is -4.62. The molecule has 0 saturated carbocycles. The second-order valence-electron chi connectivity index (χ2n) is 4.58. The zero-order valence-electron chi connectivity index (χ0n) is 11.0. The SMILES string of the molecule is N#CC(c1ccc(Cl)c(Cl)c1)c1ccc(N)cc1C(F)(F)F. The van der Waals surface area contributed by atoms with Crippen LogP contribution in [0, 0.1) is 11.3 Å². The summed E-state index contributed by atoms with van der Waals surface area (Å²) in [4.78, 5) is 0. The second kappa shape index (κ2) is 6.07. The summed E-state index contributed by atoms with van der Waals surface area (Å²) in [5.74, 6) is -1.13. The van der Waals surface area contributed by atoms with Gasteiger partial charge in [0.25, 0.3) is 0 Å². The number of rotatable bonds is 2. The second-order valence-corrected chi connectivity index (χ2v) is 5.39. The molecule has 0 fully saturated rings. The highest BCUT2D eigenvalue weighted by atomic mass is 35.5. The van der Waals surface area contributed by atoms with E-state index < -0.39 is 17.7 Å². The average Bonchev–Trinajstić information content (AvgIpc) is 2.44. The highest BCUT2D eigenvalue weighted by molar-refractivity contribution is 6.42. The third kappa shape index (κ3) is 3.29. The molecule has 114 valence electrons. The topological polar surface area (TPSA) is 49.8 Å². The molecule has 1 atom stereocenters. The van der Waals surface area contributed by atoms with Crippen LogP contribution in [-0.2, 0) is 6.18 Å². The summed E-state index contributed by atoms with van der Waals surface area (Å²) < 4.78 is 39.5. The van der Waals surface area contributed by atoms with Gasteiger partial charge in [-0.05, 0) is 35.4 Å². The molecule has 0 spiro atoms. The molecule has 0 aliphatic heterocycles. The molecular weight excluding hydrogens is 336 g/mol. The summed E-state index contributed by atoms with van der Waals surface area (Å²) in [7, 11) is 0. The standard InChI is InChI=1S/C15H9Cl2F3N2/c16-13-4-1-8(5-14(13)17)11(7-21)10-3-2-9(22)6-12(10)15(18,19)20/h1-6,11H,22H2. The molecule has 2 N–H and O–H groups in total. The van der Waals surface area contributed by atoms with Crippen LogP contribution in [0.2, 0.25) is 10.0 Å². The maximum Gasteiger partial charge on any atom is 0.416 e. The van der Waals surface area contributed by atoms with E-state index in [1.54, 1.807) is 0 Å². The number of halogens is 5. The first-order valence-corrected chi connectivity index (χ1v) is 6.81. The maximum atomic E-state index is 13.2. The lowest BCUT2D eigenvalue weighted by Gasteiger charge is -2.18. The van der Waals surface area contributed by atoms with Gasteiger partial charge in [0.1, 0.15) is 0 Å². The fraction of sp³-hybridized carbons (Fsp3) is 0.133. The van der Waals surface area contributed by atoms with Crippen LogP contribution in [0.3, 0.4) is 0 Å². The van der Waals surface area contributed by atoms with Gasteiger partial charge in [0.2, 0.25) is 0 Å². The number of alkyl halides is 3. The van der Waals surface area contributed by atoms with Gasteiger partial charge < -0.3 is 5.73 Å². The van der Waals surface area contributed by atoms with Crippen molar-refractivity contribution < 1.29 is 13.2 Å². The molecule has 2 rings (SSSR count). The van der Waals surface area contributed by atoms with E-state index in [9.17, 15) is 18.4 Å². The molecule has 2 aromatic rings. The quantitative estimate of drug-likeness (QED) is 0.756. The summed E-state index contributed by atoms with van der Waals surface area (Å²) in [6, 6.07) is 9.51. The number of nitrogens with zero attached hydrogens (tertiary/aromatic N) is 1. The van der Waals surface area contributed by atoms with E-state index in [0.717, 1.165) is 6.07 Å². The van der Waals surface area contributed by atoms with Crippen LogP contribution in [0.4, 0.5) is 18.9 Å². The van der Waals surface area contributed by atoms with Crippen molar-refractivity contribution in [2.75, 3.05) is 5.73 Å². The Bertz CT molecular complexity index is 751. The summed E-state index contributed by atoms with van der Waals surface area (Å²) >= 11 is 11.7. The van der Waals surface area contributed by atoms with Gasteiger partial charge in [-0.15, -0.1) is 0 Å². The molecule has 0 heterocycles. The lowest BCUT2D eigenvalue weighted by Crippen LogP contribution is -2.13. The van der Waals surface area contributed by atoms with Crippen LogP contribution in [0.25, 0.3) is 0 Å². The number of benzene rings is 2. The molecule has 0 aliphatic rings. The Morgan fingerprint density at radius 2 is 1.73 bits per heavy atom. The van der Waals surface area contributed by atoms with Crippen molar-refractivity contribution in [3.63, 3.8) is 0 Å². The third-order valence-electron chi connectivity index (χ3n) is 3.10. The van der Waals surface area contributed by atoms with E-state index >= 15 is 0 Å². The highest BCUT2D eigenvalue weighted by Crippen LogP contribution is 2.39. The fourth-order valence-corrected chi connectivity index (χ4v) is 2.39. The predicted molar refractivity (Wildman–Crippen MR) is 79.8 cm³/mol. The van der Waals surface area contributed by atoms with Crippen molar-refractivity contribution in [2.45, 2.75) is 12.1 Å². The van der Waals surface area contributed by atoms with Gasteiger partial charge in [0.05, 0.1) is 27.6 Å². The molecule has 2 aromatic carbocycles. The molecule has 0 radical (unpaired) electrons. The molecule has 0 aromatic heterocycles. The Hall–Kier alpha value is -1.90. The van der Waals surface area contributed by atoms with Crippen molar-refractivity contribution in [3.8, 4) is 6.07 Å². The fourth-order valence-electron chi connectivity index (χ4n) is 2.09. The molecule has 0 saturated heterocycles. The lowest BCUT2D eigenvalue weighted by molar-refractivity contribution is -0.138. The van der Waals surface area contributed by atoms with Crippen molar-refractivity contribution in [3.05, 3.63) is 63.1 Å². The monoisotopic (exact) mass is 344 g/mol. The van der Waals surface area contributed by atoms with E-state index in [1.807, 2.05) is 6.07 Å². The first kappa shape index (κ1) is 16.5. The van der Waals surface area contributed by atoms with E-state index in [0.29, 0.717) is 5.56 Å². The molecule has 1 unspecified atom stereocenters. The first-order chi connectivity index (χ1) is 10.2. The average molecular weight is 345 g/mol. The Kier molecular flexibility index (Phi) is 4.55. The number of nitriles is 1. The number of nitrogen functional groups attached to an aromatic ring is 1. The number of anilines is 1. The third-order valence-corrected chi connectivity index (χ3v) is 3.84. The predicted octanol–water partition coefficient (Wildman–Crippen LogP) is 5.25. The molecule has 2 nitrogen and oxygen atoms in total. The molecule has 0 aliphatic carbocycles.